The molecule has 6 nitrogen and oxygen atoms in total. The Balaban J connectivity index is 1.88. The third-order valence-electron chi connectivity index (χ3n) is 3.25. The number of hydrogen-bond acceptors (Lipinski definition) is 4. The highest BCUT2D eigenvalue weighted by Gasteiger charge is 2.14. The van der Waals surface area contributed by atoms with Crippen molar-refractivity contribution < 1.29 is 9.90 Å². The molecule has 2 N–H and O–H groups in total. The molecule has 1 aromatic carbocycles. The zero-order valence-corrected chi connectivity index (χ0v) is 11.6. The van der Waals surface area contributed by atoms with Crippen molar-refractivity contribution in [3.05, 3.63) is 76.3 Å². The van der Waals surface area contributed by atoms with E-state index in [1.54, 1.807) is 0 Å². The van der Waals surface area contributed by atoms with Gasteiger partial charge in [-0.25, -0.2) is 4.98 Å². The molecule has 2 aromatic heterocycles. The number of carbonyl (C=O) groups excluding carboxylic acids is 1. The average Bonchev–Trinajstić information content (AvgIpc) is 2.55. The monoisotopic (exact) mass is 295 g/mol. The fraction of sp³-hybridized carbons (Fsp3) is 0.0625. The van der Waals surface area contributed by atoms with Crippen LogP contribution >= 0.6 is 0 Å². The van der Waals surface area contributed by atoms with Gasteiger partial charge in [-0.1, -0.05) is 30.3 Å². The Morgan fingerprint density at radius 3 is 2.73 bits per heavy atom. The predicted octanol–water partition coefficient (Wildman–Crippen LogP) is 1.33. The van der Waals surface area contributed by atoms with E-state index < -0.39 is 11.5 Å². The number of fused-ring (bicyclic) bond motifs is 1. The van der Waals surface area contributed by atoms with Crippen LogP contribution in [0.1, 0.15) is 15.9 Å². The van der Waals surface area contributed by atoms with Crippen LogP contribution in [0.2, 0.25) is 0 Å². The van der Waals surface area contributed by atoms with Crippen LogP contribution < -0.4 is 10.9 Å². The molecule has 3 rings (SSSR count). The zero-order valence-electron chi connectivity index (χ0n) is 11.6. The molecule has 110 valence electrons. The van der Waals surface area contributed by atoms with E-state index in [2.05, 4.69) is 10.3 Å². The lowest BCUT2D eigenvalue weighted by molar-refractivity contribution is 0.0949. The van der Waals surface area contributed by atoms with Crippen molar-refractivity contribution >= 4 is 11.6 Å². The van der Waals surface area contributed by atoms with Crippen molar-refractivity contribution in [2.24, 2.45) is 0 Å². The van der Waals surface area contributed by atoms with Crippen LogP contribution in [0.25, 0.3) is 5.65 Å². The van der Waals surface area contributed by atoms with Crippen LogP contribution in [0.15, 0.2) is 59.7 Å². The molecule has 0 atom stereocenters. The molecule has 0 aliphatic heterocycles. The highest BCUT2D eigenvalue weighted by molar-refractivity contribution is 5.93. The number of rotatable bonds is 3. The third kappa shape index (κ3) is 2.54. The number of amides is 1. The van der Waals surface area contributed by atoms with Crippen molar-refractivity contribution in [1.82, 2.24) is 14.7 Å². The fourth-order valence-electron chi connectivity index (χ4n) is 2.12. The molecule has 0 fully saturated rings. The minimum atomic E-state index is -0.522. The smallest absolute Gasteiger partial charge is 0.270 e. The molecule has 0 radical (unpaired) electrons. The summed E-state index contributed by atoms with van der Waals surface area (Å²) in [6.07, 6.45) is 2.63. The van der Waals surface area contributed by atoms with Crippen LogP contribution in [-0.4, -0.2) is 20.4 Å². The van der Waals surface area contributed by atoms with Gasteiger partial charge in [-0.2, -0.15) is 0 Å². The highest BCUT2D eigenvalue weighted by Crippen LogP contribution is 2.12. The molecule has 2 heterocycles. The third-order valence-corrected chi connectivity index (χ3v) is 3.25. The van der Waals surface area contributed by atoms with Crippen molar-refractivity contribution in [1.29, 1.82) is 0 Å². The maximum atomic E-state index is 12.3. The van der Waals surface area contributed by atoms with Gasteiger partial charge in [-0.05, 0) is 17.7 Å². The lowest BCUT2D eigenvalue weighted by Gasteiger charge is -2.07. The predicted molar refractivity (Wildman–Crippen MR) is 80.7 cm³/mol. The SMILES string of the molecule is O=C(NCc1ccccc1)c1cnc2c(O)cccn2c1=O. The summed E-state index contributed by atoms with van der Waals surface area (Å²) in [7, 11) is 0. The lowest BCUT2D eigenvalue weighted by atomic mass is 10.2. The van der Waals surface area contributed by atoms with E-state index in [0.717, 1.165) is 9.96 Å². The minimum absolute atomic E-state index is 0.0703. The molecule has 3 aromatic rings. The molecular weight excluding hydrogens is 282 g/mol. The molecule has 0 saturated carbocycles. The molecule has 0 aliphatic carbocycles. The summed E-state index contributed by atoms with van der Waals surface area (Å²) in [5, 5.41) is 12.3. The van der Waals surface area contributed by atoms with Crippen molar-refractivity contribution in [2.45, 2.75) is 6.54 Å². The van der Waals surface area contributed by atoms with Crippen LogP contribution in [-0.2, 0) is 6.54 Å². The zero-order chi connectivity index (χ0) is 15.5. The number of aromatic hydroxyl groups is 1. The number of hydrogen-bond donors (Lipinski definition) is 2. The standard InChI is InChI=1S/C16H13N3O3/c20-13-7-4-8-19-14(13)17-10-12(16(19)22)15(21)18-9-11-5-2-1-3-6-11/h1-8,10,20H,9H2,(H,18,21). The van der Waals surface area contributed by atoms with Gasteiger partial charge in [0.15, 0.2) is 11.4 Å². The number of pyridine rings is 1. The van der Waals surface area contributed by atoms with Crippen molar-refractivity contribution in [2.75, 3.05) is 0 Å². The number of nitrogens with one attached hydrogen (secondary N) is 1. The van der Waals surface area contributed by atoms with E-state index in [4.69, 9.17) is 0 Å². The van der Waals surface area contributed by atoms with Gasteiger partial charge in [-0.15, -0.1) is 0 Å². The summed E-state index contributed by atoms with van der Waals surface area (Å²) in [5.41, 5.74) is 0.458. The fourth-order valence-corrected chi connectivity index (χ4v) is 2.12. The maximum Gasteiger partial charge on any atom is 0.270 e. The number of aromatic nitrogens is 2. The first-order valence-corrected chi connectivity index (χ1v) is 6.68. The van der Waals surface area contributed by atoms with E-state index in [0.29, 0.717) is 6.54 Å². The molecule has 0 aliphatic rings. The Morgan fingerprint density at radius 2 is 1.95 bits per heavy atom. The van der Waals surface area contributed by atoms with Gasteiger partial charge in [0.25, 0.3) is 11.5 Å². The second-order valence-electron chi connectivity index (χ2n) is 4.73. The van der Waals surface area contributed by atoms with E-state index >= 15 is 0 Å². The van der Waals surface area contributed by atoms with Gasteiger partial charge in [0.2, 0.25) is 0 Å². The topological polar surface area (TPSA) is 83.7 Å². The molecule has 0 saturated heterocycles. The van der Waals surface area contributed by atoms with Gasteiger partial charge < -0.3 is 10.4 Å². The largest absolute Gasteiger partial charge is 0.504 e. The quantitative estimate of drug-likeness (QED) is 0.763. The first-order valence-electron chi connectivity index (χ1n) is 6.68. The Kier molecular flexibility index (Phi) is 3.57. The summed E-state index contributed by atoms with van der Waals surface area (Å²) in [6.45, 7) is 0.321. The van der Waals surface area contributed by atoms with Gasteiger partial charge in [0.05, 0.1) is 0 Å². The van der Waals surface area contributed by atoms with Crippen LogP contribution in [0, 0.1) is 0 Å². The number of benzene rings is 1. The van der Waals surface area contributed by atoms with E-state index in [1.807, 2.05) is 30.3 Å². The molecule has 0 unspecified atom stereocenters. The Hall–Kier alpha value is -3.15. The van der Waals surface area contributed by atoms with Crippen LogP contribution in [0.5, 0.6) is 5.75 Å². The first-order chi connectivity index (χ1) is 10.7. The van der Waals surface area contributed by atoms with Crippen molar-refractivity contribution in [3.8, 4) is 5.75 Å². The summed E-state index contributed by atoms with van der Waals surface area (Å²) in [5.74, 6) is -0.616. The lowest BCUT2D eigenvalue weighted by Crippen LogP contribution is -2.31. The summed E-state index contributed by atoms with van der Waals surface area (Å²) >= 11 is 0. The van der Waals surface area contributed by atoms with E-state index in [9.17, 15) is 14.7 Å². The van der Waals surface area contributed by atoms with E-state index in [1.165, 1.54) is 24.5 Å². The van der Waals surface area contributed by atoms with Gasteiger partial charge in [0.1, 0.15) is 5.56 Å². The number of nitrogens with zero attached hydrogens (tertiary/aromatic N) is 2. The molecule has 22 heavy (non-hydrogen) atoms. The molecule has 0 bridgehead atoms. The van der Waals surface area contributed by atoms with Crippen molar-refractivity contribution in [3.63, 3.8) is 0 Å². The Labute approximate surface area is 125 Å². The summed E-state index contributed by atoms with van der Waals surface area (Å²) in [4.78, 5) is 28.4. The second-order valence-corrected chi connectivity index (χ2v) is 4.73. The number of carbonyl (C=O) groups is 1. The van der Waals surface area contributed by atoms with Crippen LogP contribution in [0.3, 0.4) is 0 Å². The average molecular weight is 295 g/mol. The molecule has 0 spiro atoms. The highest BCUT2D eigenvalue weighted by atomic mass is 16.3. The van der Waals surface area contributed by atoms with Crippen LogP contribution in [0.4, 0.5) is 0 Å². The summed E-state index contributed by atoms with van der Waals surface area (Å²) in [6, 6.07) is 12.3. The first kappa shape index (κ1) is 13.8. The molecule has 1 amide bonds. The Bertz CT molecular complexity index is 888. The summed E-state index contributed by atoms with van der Waals surface area (Å²) < 4.78 is 1.15. The normalized spacial score (nSPS) is 10.5. The molecular formula is C16H13N3O3. The minimum Gasteiger partial charge on any atom is -0.504 e. The second kappa shape index (κ2) is 5.69. The van der Waals surface area contributed by atoms with Gasteiger partial charge >= 0.3 is 0 Å². The van der Waals surface area contributed by atoms with Gasteiger partial charge in [0, 0.05) is 18.9 Å². The Morgan fingerprint density at radius 1 is 1.18 bits per heavy atom. The maximum absolute atomic E-state index is 12.3. The van der Waals surface area contributed by atoms with Gasteiger partial charge in [-0.3, -0.25) is 14.0 Å². The molecule has 6 heteroatoms. The van der Waals surface area contributed by atoms with E-state index in [-0.39, 0.29) is 17.0 Å².